The Hall–Kier alpha value is -1.00. The van der Waals surface area contributed by atoms with Gasteiger partial charge in [0, 0.05) is 24.9 Å². The maximum Gasteiger partial charge on any atom is 0.0718 e. The molecule has 2 N–H and O–H groups in total. The molecule has 1 aliphatic rings. The number of aromatic nitrogens is 2. The third kappa shape index (κ3) is 3.01. The fourth-order valence-electron chi connectivity index (χ4n) is 3.18. The molecule has 4 heteroatoms. The predicted molar refractivity (Wildman–Crippen MR) is 87.1 cm³/mol. The van der Waals surface area contributed by atoms with Crippen molar-refractivity contribution in [3.8, 4) is 0 Å². The molecular formula is C16H23N3S. The zero-order chi connectivity index (χ0) is 13.9. The number of hydrogen-bond acceptors (Lipinski definition) is 3. The summed E-state index contributed by atoms with van der Waals surface area (Å²) in [7, 11) is 2.01. The summed E-state index contributed by atoms with van der Waals surface area (Å²) in [6, 6.07) is 8.66. The Kier molecular flexibility index (Phi) is 4.32. The number of para-hydroxylation sites is 1. The van der Waals surface area contributed by atoms with E-state index < -0.39 is 0 Å². The highest BCUT2D eigenvalue weighted by molar-refractivity contribution is 7.99. The second-order valence-electron chi connectivity index (χ2n) is 5.84. The van der Waals surface area contributed by atoms with Crippen molar-refractivity contribution in [1.82, 2.24) is 9.78 Å². The molecule has 1 aromatic heterocycles. The average molecular weight is 289 g/mol. The van der Waals surface area contributed by atoms with Gasteiger partial charge in [-0.15, -0.1) is 0 Å². The van der Waals surface area contributed by atoms with Crippen LogP contribution < -0.4 is 5.73 Å². The third-order valence-corrected chi connectivity index (χ3v) is 5.32. The fourth-order valence-corrected chi connectivity index (χ4v) is 4.39. The molecule has 0 amide bonds. The van der Waals surface area contributed by atoms with Gasteiger partial charge in [0.1, 0.15) is 0 Å². The highest BCUT2D eigenvalue weighted by Crippen LogP contribution is 2.27. The predicted octanol–water partition coefficient (Wildman–Crippen LogP) is 2.98. The maximum atomic E-state index is 6.38. The van der Waals surface area contributed by atoms with E-state index in [1.54, 1.807) is 0 Å². The maximum absolute atomic E-state index is 6.38. The third-order valence-electron chi connectivity index (χ3n) is 4.27. The van der Waals surface area contributed by atoms with Gasteiger partial charge in [-0.3, -0.25) is 4.68 Å². The summed E-state index contributed by atoms with van der Waals surface area (Å²) < 4.78 is 1.97. The molecule has 1 unspecified atom stereocenters. The Morgan fingerprint density at radius 3 is 2.90 bits per heavy atom. The normalized spacial score (nSPS) is 18.5. The van der Waals surface area contributed by atoms with E-state index in [0.717, 1.165) is 24.5 Å². The monoisotopic (exact) mass is 289 g/mol. The second-order valence-corrected chi connectivity index (χ2v) is 7.07. The number of hydrogen-bond donors (Lipinski definition) is 1. The van der Waals surface area contributed by atoms with Gasteiger partial charge in [0.05, 0.1) is 11.2 Å². The quantitative estimate of drug-likeness (QED) is 0.941. The van der Waals surface area contributed by atoms with Crippen molar-refractivity contribution in [2.45, 2.75) is 31.7 Å². The largest absolute Gasteiger partial charge is 0.327 e. The SMILES string of the molecule is Cn1nc(CC(N)CC2CCSCC2)c2ccccc21. The lowest BCUT2D eigenvalue weighted by atomic mass is 9.92. The lowest BCUT2D eigenvalue weighted by molar-refractivity contribution is 0.404. The second kappa shape index (κ2) is 6.19. The Labute approximate surface area is 124 Å². The number of benzene rings is 1. The summed E-state index contributed by atoms with van der Waals surface area (Å²) >= 11 is 2.08. The van der Waals surface area contributed by atoms with E-state index in [2.05, 4.69) is 41.1 Å². The summed E-state index contributed by atoms with van der Waals surface area (Å²) in [5, 5.41) is 5.91. The Morgan fingerprint density at radius 2 is 2.10 bits per heavy atom. The molecule has 1 saturated heterocycles. The van der Waals surface area contributed by atoms with E-state index in [4.69, 9.17) is 5.73 Å². The summed E-state index contributed by atoms with van der Waals surface area (Å²) in [5.41, 5.74) is 8.73. The molecule has 1 atom stereocenters. The lowest BCUT2D eigenvalue weighted by Gasteiger charge is -2.24. The molecule has 20 heavy (non-hydrogen) atoms. The molecule has 0 saturated carbocycles. The van der Waals surface area contributed by atoms with Crippen LogP contribution in [0.3, 0.4) is 0 Å². The lowest BCUT2D eigenvalue weighted by Crippen LogP contribution is -2.28. The van der Waals surface area contributed by atoms with Crippen molar-refractivity contribution in [2.24, 2.45) is 18.7 Å². The molecular weight excluding hydrogens is 266 g/mol. The van der Waals surface area contributed by atoms with Gasteiger partial charge in [0.25, 0.3) is 0 Å². The molecule has 2 heterocycles. The van der Waals surface area contributed by atoms with Crippen molar-refractivity contribution in [3.05, 3.63) is 30.0 Å². The highest BCUT2D eigenvalue weighted by Gasteiger charge is 2.19. The molecule has 0 radical (unpaired) electrons. The van der Waals surface area contributed by atoms with Crippen LogP contribution in [0.2, 0.25) is 0 Å². The summed E-state index contributed by atoms with van der Waals surface area (Å²) in [6.45, 7) is 0. The van der Waals surface area contributed by atoms with Gasteiger partial charge in [-0.1, -0.05) is 18.2 Å². The van der Waals surface area contributed by atoms with Crippen molar-refractivity contribution in [1.29, 1.82) is 0 Å². The Morgan fingerprint density at radius 1 is 1.35 bits per heavy atom. The first-order chi connectivity index (χ1) is 9.74. The van der Waals surface area contributed by atoms with Gasteiger partial charge in [-0.05, 0) is 42.8 Å². The summed E-state index contributed by atoms with van der Waals surface area (Å²) in [5.74, 6) is 3.44. The van der Waals surface area contributed by atoms with Crippen molar-refractivity contribution in [3.63, 3.8) is 0 Å². The fraction of sp³-hybridized carbons (Fsp3) is 0.562. The van der Waals surface area contributed by atoms with E-state index in [1.165, 1.54) is 35.3 Å². The molecule has 2 aromatic rings. The Bertz CT molecular complexity index is 572. The molecule has 1 aliphatic heterocycles. The molecule has 3 nitrogen and oxygen atoms in total. The smallest absolute Gasteiger partial charge is 0.0718 e. The van der Waals surface area contributed by atoms with Crippen LogP contribution >= 0.6 is 11.8 Å². The minimum Gasteiger partial charge on any atom is -0.327 e. The van der Waals surface area contributed by atoms with Crippen LogP contribution in [0.15, 0.2) is 24.3 Å². The average Bonchev–Trinajstić information content (AvgIpc) is 2.77. The van der Waals surface area contributed by atoms with Gasteiger partial charge in [-0.2, -0.15) is 16.9 Å². The number of fused-ring (bicyclic) bond motifs is 1. The van der Waals surface area contributed by atoms with Gasteiger partial charge in [-0.25, -0.2) is 0 Å². The van der Waals surface area contributed by atoms with E-state index in [0.29, 0.717) is 0 Å². The summed E-state index contributed by atoms with van der Waals surface area (Å²) in [6.07, 6.45) is 4.71. The molecule has 0 aliphatic carbocycles. The van der Waals surface area contributed by atoms with E-state index in [9.17, 15) is 0 Å². The number of nitrogens with two attached hydrogens (primary N) is 1. The van der Waals surface area contributed by atoms with Crippen LogP contribution in [0.1, 0.15) is 25.0 Å². The molecule has 1 fully saturated rings. The minimum atomic E-state index is 0.237. The van der Waals surface area contributed by atoms with Crippen LogP contribution in [0, 0.1) is 5.92 Å². The molecule has 1 aromatic carbocycles. The first-order valence-corrected chi connectivity index (χ1v) is 8.63. The minimum absolute atomic E-state index is 0.237. The Balaban J connectivity index is 1.69. The topological polar surface area (TPSA) is 43.8 Å². The van der Waals surface area contributed by atoms with Gasteiger partial charge in [0.15, 0.2) is 0 Å². The van der Waals surface area contributed by atoms with Crippen molar-refractivity contribution in [2.75, 3.05) is 11.5 Å². The molecule has 0 bridgehead atoms. The van der Waals surface area contributed by atoms with Crippen molar-refractivity contribution >= 4 is 22.7 Å². The van der Waals surface area contributed by atoms with Crippen molar-refractivity contribution < 1.29 is 0 Å². The number of thioether (sulfide) groups is 1. The first-order valence-electron chi connectivity index (χ1n) is 7.48. The molecule has 108 valence electrons. The van der Waals surface area contributed by atoms with Gasteiger partial charge in [0.2, 0.25) is 0 Å². The van der Waals surface area contributed by atoms with E-state index >= 15 is 0 Å². The van der Waals surface area contributed by atoms with Gasteiger partial charge >= 0.3 is 0 Å². The first kappa shape index (κ1) is 14.0. The molecule has 3 rings (SSSR count). The zero-order valence-corrected chi connectivity index (χ0v) is 12.9. The van der Waals surface area contributed by atoms with Crippen LogP contribution in [-0.4, -0.2) is 27.3 Å². The number of aryl methyl sites for hydroxylation is 1. The molecule has 0 spiro atoms. The van der Waals surface area contributed by atoms with Crippen LogP contribution in [0.25, 0.3) is 10.9 Å². The van der Waals surface area contributed by atoms with Crippen LogP contribution in [0.5, 0.6) is 0 Å². The number of nitrogens with zero attached hydrogens (tertiary/aromatic N) is 2. The zero-order valence-electron chi connectivity index (χ0n) is 12.1. The standard InChI is InChI=1S/C16H23N3S/c1-19-16-5-3-2-4-14(16)15(18-19)11-13(17)10-12-6-8-20-9-7-12/h2-5,12-13H,6-11,17H2,1H3. The highest BCUT2D eigenvalue weighted by atomic mass is 32.2. The van der Waals surface area contributed by atoms with Crippen LogP contribution in [0.4, 0.5) is 0 Å². The van der Waals surface area contributed by atoms with E-state index in [1.807, 2.05) is 11.7 Å². The number of rotatable bonds is 4. The van der Waals surface area contributed by atoms with Crippen LogP contribution in [-0.2, 0) is 13.5 Å². The summed E-state index contributed by atoms with van der Waals surface area (Å²) in [4.78, 5) is 0. The van der Waals surface area contributed by atoms with Gasteiger partial charge < -0.3 is 5.73 Å². The van der Waals surface area contributed by atoms with E-state index in [-0.39, 0.29) is 6.04 Å².